The van der Waals surface area contributed by atoms with Crippen LogP contribution in [0, 0.1) is 11.8 Å². The van der Waals surface area contributed by atoms with Crippen LogP contribution in [-0.4, -0.2) is 29.3 Å². The van der Waals surface area contributed by atoms with Crippen LogP contribution < -0.4 is 0 Å². The number of amides is 1. The van der Waals surface area contributed by atoms with Crippen LogP contribution in [0.3, 0.4) is 0 Å². The molecule has 2 nitrogen and oxygen atoms in total. The highest BCUT2D eigenvalue weighted by atomic mass is 35.5. The summed E-state index contributed by atoms with van der Waals surface area (Å²) in [6, 6.07) is 0.285. The van der Waals surface area contributed by atoms with E-state index < -0.39 is 0 Å². The van der Waals surface area contributed by atoms with E-state index in [0.717, 1.165) is 25.8 Å². The van der Waals surface area contributed by atoms with Crippen LogP contribution in [0.2, 0.25) is 0 Å². The van der Waals surface area contributed by atoms with Crippen LogP contribution in [0.15, 0.2) is 0 Å². The maximum atomic E-state index is 12.5. The van der Waals surface area contributed by atoms with Gasteiger partial charge in [0.25, 0.3) is 0 Å². The van der Waals surface area contributed by atoms with Gasteiger partial charge in [0.15, 0.2) is 0 Å². The molecule has 0 bridgehead atoms. The van der Waals surface area contributed by atoms with E-state index in [4.69, 9.17) is 11.6 Å². The summed E-state index contributed by atoms with van der Waals surface area (Å²) in [5, 5.41) is 0. The minimum atomic E-state index is 0.285. The summed E-state index contributed by atoms with van der Waals surface area (Å²) >= 11 is 6.02. The lowest BCUT2D eigenvalue weighted by molar-refractivity contribution is -0.136. The molecule has 1 saturated carbocycles. The summed E-state index contributed by atoms with van der Waals surface area (Å²) in [6.45, 7) is 3.14. The number of carbonyl (C=O) groups is 1. The first-order chi connectivity index (χ1) is 8.24. The molecule has 2 rings (SSSR count). The monoisotopic (exact) mass is 257 g/mol. The molecule has 0 radical (unpaired) electrons. The molecule has 1 saturated heterocycles. The Morgan fingerprint density at radius 2 is 1.82 bits per heavy atom. The third-order valence-electron chi connectivity index (χ3n) is 4.53. The van der Waals surface area contributed by atoms with Gasteiger partial charge in [-0.1, -0.05) is 32.6 Å². The van der Waals surface area contributed by atoms with E-state index in [1.54, 1.807) is 0 Å². The maximum Gasteiger partial charge on any atom is 0.225 e. The number of halogens is 1. The number of alkyl halides is 1. The molecule has 0 spiro atoms. The Balaban J connectivity index is 1.98. The van der Waals surface area contributed by atoms with E-state index in [0.29, 0.717) is 17.7 Å². The van der Waals surface area contributed by atoms with Crippen molar-refractivity contribution in [3.05, 3.63) is 0 Å². The molecule has 0 aromatic carbocycles. The first-order valence-electron chi connectivity index (χ1n) is 7.10. The Bertz CT molecular complexity index is 261. The van der Waals surface area contributed by atoms with Crippen molar-refractivity contribution >= 4 is 17.5 Å². The fraction of sp³-hybridized carbons (Fsp3) is 0.929. The SMILES string of the molecule is CC1CCN(C(=O)C2CCCCCC2)C1CCl. The Labute approximate surface area is 110 Å². The van der Waals surface area contributed by atoms with Crippen molar-refractivity contribution in [3.63, 3.8) is 0 Å². The van der Waals surface area contributed by atoms with Crippen LogP contribution in [0.1, 0.15) is 51.9 Å². The Morgan fingerprint density at radius 3 is 2.41 bits per heavy atom. The van der Waals surface area contributed by atoms with Crippen LogP contribution >= 0.6 is 11.6 Å². The van der Waals surface area contributed by atoms with Crippen LogP contribution in [0.4, 0.5) is 0 Å². The number of hydrogen-bond acceptors (Lipinski definition) is 1. The third-order valence-corrected chi connectivity index (χ3v) is 4.84. The molecule has 0 N–H and O–H groups in total. The van der Waals surface area contributed by atoms with Crippen LogP contribution in [0.25, 0.3) is 0 Å². The number of hydrogen-bond donors (Lipinski definition) is 0. The van der Waals surface area contributed by atoms with Gasteiger partial charge in [-0.2, -0.15) is 0 Å². The highest BCUT2D eigenvalue weighted by Gasteiger charge is 2.36. The maximum absolute atomic E-state index is 12.5. The van der Waals surface area contributed by atoms with Gasteiger partial charge in [-0.15, -0.1) is 11.6 Å². The van der Waals surface area contributed by atoms with E-state index >= 15 is 0 Å². The van der Waals surface area contributed by atoms with Crippen LogP contribution in [-0.2, 0) is 4.79 Å². The van der Waals surface area contributed by atoms with Crippen molar-refractivity contribution in [1.29, 1.82) is 0 Å². The second kappa shape index (κ2) is 6.08. The Morgan fingerprint density at radius 1 is 1.18 bits per heavy atom. The first kappa shape index (κ1) is 13.2. The van der Waals surface area contributed by atoms with Crippen molar-refractivity contribution in [1.82, 2.24) is 4.90 Å². The minimum absolute atomic E-state index is 0.285. The summed E-state index contributed by atoms with van der Waals surface area (Å²) in [7, 11) is 0. The summed E-state index contributed by atoms with van der Waals surface area (Å²) < 4.78 is 0. The molecule has 1 heterocycles. The van der Waals surface area contributed by atoms with Gasteiger partial charge in [-0.3, -0.25) is 4.79 Å². The van der Waals surface area contributed by atoms with E-state index in [9.17, 15) is 4.79 Å². The lowest BCUT2D eigenvalue weighted by atomic mass is 9.98. The Kier molecular flexibility index (Phi) is 4.72. The zero-order chi connectivity index (χ0) is 12.3. The lowest BCUT2D eigenvalue weighted by Gasteiger charge is -2.28. The number of rotatable bonds is 2. The van der Waals surface area contributed by atoms with Gasteiger partial charge in [-0.25, -0.2) is 0 Å². The second-order valence-electron chi connectivity index (χ2n) is 5.71. The van der Waals surface area contributed by atoms with Crippen molar-refractivity contribution in [2.24, 2.45) is 11.8 Å². The normalized spacial score (nSPS) is 31.5. The van der Waals surface area contributed by atoms with Gasteiger partial charge in [0.1, 0.15) is 0 Å². The van der Waals surface area contributed by atoms with Crippen molar-refractivity contribution in [2.45, 2.75) is 57.9 Å². The van der Waals surface area contributed by atoms with Crippen molar-refractivity contribution in [3.8, 4) is 0 Å². The van der Waals surface area contributed by atoms with Gasteiger partial charge in [-0.05, 0) is 25.2 Å². The van der Waals surface area contributed by atoms with E-state index in [1.807, 2.05) is 0 Å². The first-order valence-corrected chi connectivity index (χ1v) is 7.64. The summed E-state index contributed by atoms with van der Waals surface area (Å²) in [6.07, 6.45) is 8.38. The fourth-order valence-electron chi connectivity index (χ4n) is 3.28. The topological polar surface area (TPSA) is 20.3 Å². The highest BCUT2D eigenvalue weighted by Crippen LogP contribution is 2.30. The number of likely N-dealkylation sites (tertiary alicyclic amines) is 1. The number of nitrogens with zero attached hydrogens (tertiary/aromatic N) is 1. The quantitative estimate of drug-likeness (QED) is 0.548. The Hall–Kier alpha value is -0.240. The van der Waals surface area contributed by atoms with Gasteiger partial charge in [0, 0.05) is 24.4 Å². The summed E-state index contributed by atoms with van der Waals surface area (Å²) in [5.74, 6) is 1.84. The highest BCUT2D eigenvalue weighted by molar-refractivity contribution is 6.18. The van der Waals surface area contributed by atoms with Gasteiger partial charge in [0.05, 0.1) is 0 Å². The molecule has 2 atom stereocenters. The zero-order valence-electron chi connectivity index (χ0n) is 10.8. The summed E-state index contributed by atoms with van der Waals surface area (Å²) in [4.78, 5) is 14.6. The number of carbonyl (C=O) groups excluding carboxylic acids is 1. The van der Waals surface area contributed by atoms with Gasteiger partial charge in [0.2, 0.25) is 5.91 Å². The van der Waals surface area contributed by atoms with E-state index in [1.165, 1.54) is 25.7 Å². The molecule has 0 aromatic rings. The molecule has 1 aliphatic carbocycles. The molecule has 98 valence electrons. The van der Waals surface area contributed by atoms with Gasteiger partial charge < -0.3 is 4.90 Å². The summed E-state index contributed by atoms with van der Waals surface area (Å²) in [5.41, 5.74) is 0. The fourth-order valence-corrected chi connectivity index (χ4v) is 3.75. The molecule has 1 aliphatic heterocycles. The van der Waals surface area contributed by atoms with Gasteiger partial charge >= 0.3 is 0 Å². The lowest BCUT2D eigenvalue weighted by Crippen LogP contribution is -2.42. The molecular weight excluding hydrogens is 234 g/mol. The molecule has 2 fully saturated rings. The molecule has 0 aromatic heterocycles. The molecule has 2 unspecified atom stereocenters. The zero-order valence-corrected chi connectivity index (χ0v) is 11.6. The van der Waals surface area contributed by atoms with E-state index in [-0.39, 0.29) is 12.0 Å². The third kappa shape index (κ3) is 2.96. The largest absolute Gasteiger partial charge is 0.338 e. The molecule has 17 heavy (non-hydrogen) atoms. The van der Waals surface area contributed by atoms with Crippen LogP contribution in [0.5, 0.6) is 0 Å². The molecule has 1 amide bonds. The smallest absolute Gasteiger partial charge is 0.225 e. The molecule has 3 heteroatoms. The predicted molar refractivity (Wildman–Crippen MR) is 71.2 cm³/mol. The standard InChI is InChI=1S/C14H24ClNO/c1-11-8-9-16(13(11)10-15)14(17)12-6-4-2-3-5-7-12/h11-13H,2-10H2,1H3. The average Bonchev–Trinajstić information content (AvgIpc) is 2.56. The molecule has 2 aliphatic rings. The van der Waals surface area contributed by atoms with Crippen molar-refractivity contribution in [2.75, 3.05) is 12.4 Å². The second-order valence-corrected chi connectivity index (χ2v) is 6.02. The predicted octanol–water partition coefficient (Wildman–Crippen LogP) is 3.43. The van der Waals surface area contributed by atoms with Crippen molar-refractivity contribution < 1.29 is 4.79 Å². The molecular formula is C14H24ClNO. The average molecular weight is 258 g/mol. The van der Waals surface area contributed by atoms with E-state index in [2.05, 4.69) is 11.8 Å². The minimum Gasteiger partial charge on any atom is -0.338 e.